The number of fused-ring (bicyclic) bond motifs is 2. The van der Waals surface area contributed by atoms with Gasteiger partial charge >= 0.3 is 0 Å². The molecule has 3 aliphatic rings. The summed E-state index contributed by atoms with van der Waals surface area (Å²) in [5.41, 5.74) is 0. The minimum Gasteiger partial charge on any atom is -0.744 e. The summed E-state index contributed by atoms with van der Waals surface area (Å²) in [7, 11) is -4.92. The Kier molecular flexibility index (Phi) is 5.43. The lowest BCUT2D eigenvalue weighted by atomic mass is 9.91. The van der Waals surface area contributed by atoms with E-state index in [4.69, 9.17) is 0 Å². The Morgan fingerprint density at radius 1 is 1.17 bits per heavy atom. The van der Waals surface area contributed by atoms with Crippen molar-refractivity contribution < 1.29 is 17.8 Å². The Bertz CT molecular complexity index is 539. The molecule has 23 heavy (non-hydrogen) atoms. The monoisotopic (exact) mass is 360 g/mol. The van der Waals surface area contributed by atoms with Gasteiger partial charge in [-0.1, -0.05) is 26.2 Å². The molecule has 0 N–H and O–H groups in total. The first-order chi connectivity index (χ1) is 10.9. The van der Waals surface area contributed by atoms with Gasteiger partial charge in [0.1, 0.15) is 15.9 Å². The van der Waals surface area contributed by atoms with Gasteiger partial charge in [0.25, 0.3) is 0 Å². The number of Topliss-reactive ketones (excluding diaryl/α,β-unsaturated/α-hetero) is 1. The van der Waals surface area contributed by atoms with Crippen LogP contribution in [0.1, 0.15) is 64.7 Å². The number of carbonyl (C=O) groups excluding carboxylic acids is 1. The second kappa shape index (κ2) is 7.04. The molecule has 2 bridgehead atoms. The van der Waals surface area contributed by atoms with Crippen LogP contribution in [0.2, 0.25) is 0 Å². The number of carbonyl (C=O) groups is 1. The molecular formula is C17H28O4S2. The predicted octanol–water partition coefficient (Wildman–Crippen LogP) is 2.83. The average molecular weight is 361 g/mol. The van der Waals surface area contributed by atoms with Gasteiger partial charge in [-0.2, -0.15) is 0 Å². The Balaban J connectivity index is 1.84. The number of hydrogen-bond donors (Lipinski definition) is 0. The highest BCUT2D eigenvalue weighted by atomic mass is 32.3. The molecule has 5 unspecified atom stereocenters. The van der Waals surface area contributed by atoms with Crippen molar-refractivity contribution in [3.05, 3.63) is 0 Å². The van der Waals surface area contributed by atoms with E-state index in [2.05, 4.69) is 0 Å². The summed E-state index contributed by atoms with van der Waals surface area (Å²) in [6.45, 7) is 1.79. The average Bonchev–Trinajstić information content (AvgIpc) is 3.08. The lowest BCUT2D eigenvalue weighted by Crippen LogP contribution is -2.47. The van der Waals surface area contributed by atoms with E-state index < -0.39 is 25.6 Å². The third-order valence-electron chi connectivity index (χ3n) is 6.06. The zero-order chi connectivity index (χ0) is 16.6. The molecule has 0 aliphatic heterocycles. The van der Waals surface area contributed by atoms with Crippen LogP contribution in [0, 0.1) is 17.8 Å². The second-order valence-corrected chi connectivity index (χ2v) is 11.8. The summed E-state index contributed by atoms with van der Waals surface area (Å²) in [6, 6.07) is 0. The highest BCUT2D eigenvalue weighted by Gasteiger charge is 2.58. The van der Waals surface area contributed by atoms with E-state index in [1.54, 1.807) is 6.92 Å². The molecule has 3 rings (SSSR count). The summed E-state index contributed by atoms with van der Waals surface area (Å²) in [5, 5.41) is -0.135. The van der Waals surface area contributed by atoms with Crippen molar-refractivity contribution in [3.8, 4) is 0 Å². The predicted molar refractivity (Wildman–Crippen MR) is 92.2 cm³/mol. The van der Waals surface area contributed by atoms with Gasteiger partial charge in [-0.15, -0.1) is 0 Å². The lowest BCUT2D eigenvalue weighted by molar-refractivity contribution is -0.121. The van der Waals surface area contributed by atoms with Gasteiger partial charge in [0.05, 0.1) is 0 Å². The van der Waals surface area contributed by atoms with Crippen molar-refractivity contribution in [2.75, 3.05) is 5.75 Å². The maximum atomic E-state index is 12.7. The van der Waals surface area contributed by atoms with Crippen LogP contribution < -0.4 is 0 Å². The van der Waals surface area contributed by atoms with Gasteiger partial charge in [-0.25, -0.2) is 8.42 Å². The highest BCUT2D eigenvalue weighted by molar-refractivity contribution is 8.10. The summed E-state index contributed by atoms with van der Waals surface area (Å²) in [5.74, 6) is 2.07. The van der Waals surface area contributed by atoms with Crippen LogP contribution in [0.15, 0.2) is 0 Å². The molecule has 3 fully saturated rings. The fourth-order valence-electron chi connectivity index (χ4n) is 4.98. The molecule has 4 nitrogen and oxygen atoms in total. The third kappa shape index (κ3) is 3.64. The first-order valence-corrected chi connectivity index (χ1v) is 12.1. The molecule has 5 atom stereocenters. The number of rotatable bonds is 6. The van der Waals surface area contributed by atoms with Crippen LogP contribution in [0.25, 0.3) is 0 Å². The van der Waals surface area contributed by atoms with Crippen LogP contribution in [0.5, 0.6) is 0 Å². The molecule has 6 heteroatoms. The van der Waals surface area contributed by atoms with E-state index in [1.165, 1.54) is 19.3 Å². The van der Waals surface area contributed by atoms with E-state index in [9.17, 15) is 17.8 Å². The zero-order valence-corrected chi connectivity index (χ0v) is 15.5. The minimum absolute atomic E-state index is 0.135. The van der Waals surface area contributed by atoms with Gasteiger partial charge in [-0.05, 0) is 32.1 Å². The normalized spacial score (nSPS) is 34.7. The van der Waals surface area contributed by atoms with E-state index in [0.29, 0.717) is 18.3 Å². The molecule has 0 spiro atoms. The van der Waals surface area contributed by atoms with Crippen LogP contribution in [0.4, 0.5) is 0 Å². The van der Waals surface area contributed by atoms with Gasteiger partial charge in [0, 0.05) is 35.1 Å². The quantitative estimate of drug-likeness (QED) is 0.539. The molecule has 132 valence electrons. The van der Waals surface area contributed by atoms with E-state index in [1.807, 2.05) is 0 Å². The van der Waals surface area contributed by atoms with Crippen LogP contribution in [-0.2, 0) is 25.8 Å². The minimum atomic E-state index is -4.33. The Morgan fingerprint density at radius 3 is 2.39 bits per heavy atom. The fourth-order valence-corrected chi connectivity index (χ4v) is 10.5. The molecule has 3 saturated carbocycles. The maximum Gasteiger partial charge on any atom is 0.206 e. The molecule has 0 aromatic rings. The maximum absolute atomic E-state index is 12.7. The van der Waals surface area contributed by atoms with Crippen molar-refractivity contribution in [3.63, 3.8) is 0 Å². The molecule has 0 heterocycles. The Morgan fingerprint density at radius 2 is 1.87 bits per heavy atom. The fraction of sp³-hybridized carbons (Fsp3) is 0.941. The largest absolute Gasteiger partial charge is 0.744 e. The van der Waals surface area contributed by atoms with Gasteiger partial charge < -0.3 is 4.55 Å². The molecule has 0 aromatic heterocycles. The topological polar surface area (TPSA) is 74.3 Å². The van der Waals surface area contributed by atoms with Gasteiger partial charge in [0.15, 0.2) is 11.0 Å². The van der Waals surface area contributed by atoms with Crippen molar-refractivity contribution in [2.45, 2.75) is 74.5 Å². The summed E-state index contributed by atoms with van der Waals surface area (Å²) in [4.78, 5) is 12.7. The smallest absolute Gasteiger partial charge is 0.206 e. The van der Waals surface area contributed by atoms with Crippen LogP contribution >= 0.6 is 0 Å². The lowest BCUT2D eigenvalue weighted by Gasteiger charge is -2.31. The molecule has 3 aliphatic carbocycles. The van der Waals surface area contributed by atoms with Gasteiger partial charge in [0.2, 0.25) is 4.58 Å². The highest BCUT2D eigenvalue weighted by Crippen LogP contribution is 2.48. The molecule has 0 saturated heterocycles. The molecular weight excluding hydrogens is 332 g/mol. The Labute approximate surface area is 142 Å². The van der Waals surface area contributed by atoms with Gasteiger partial charge in [-0.3, -0.25) is 4.79 Å². The number of hydrogen-bond acceptors (Lipinski definition) is 4. The van der Waals surface area contributed by atoms with Crippen molar-refractivity contribution >= 4 is 26.8 Å². The second-order valence-electron chi connectivity index (χ2n) is 7.56. The first kappa shape index (κ1) is 17.7. The zero-order valence-electron chi connectivity index (χ0n) is 13.9. The van der Waals surface area contributed by atoms with Crippen molar-refractivity contribution in [1.82, 2.24) is 0 Å². The van der Waals surface area contributed by atoms with E-state index >= 15 is 0 Å². The summed E-state index contributed by atoms with van der Waals surface area (Å²) in [6.07, 6.45) is 9.24. The summed E-state index contributed by atoms with van der Waals surface area (Å²) < 4.78 is 34.7. The standard InChI is InChI=1S/C17H28O4S2/c1-2-15(23(19,20)21)22(11-12-6-4-3-5-7-12)17-14-9-8-13(10-14)16(17)18/h12-15,17H,2-11H2,1H3. The van der Waals surface area contributed by atoms with Crippen molar-refractivity contribution in [2.24, 2.45) is 17.8 Å². The first-order valence-electron chi connectivity index (χ1n) is 9.08. The number of ketones is 1. The van der Waals surface area contributed by atoms with Crippen LogP contribution in [-0.4, -0.2) is 34.3 Å². The summed E-state index contributed by atoms with van der Waals surface area (Å²) >= 11 is 0. The van der Waals surface area contributed by atoms with E-state index in [-0.39, 0.29) is 17.0 Å². The van der Waals surface area contributed by atoms with Crippen molar-refractivity contribution in [1.29, 1.82) is 0 Å². The third-order valence-corrected chi connectivity index (χ3v) is 11.6. The molecule has 0 amide bonds. The Hall–Kier alpha value is -0.0700. The van der Waals surface area contributed by atoms with Crippen LogP contribution in [0.3, 0.4) is 0 Å². The molecule has 0 radical (unpaired) electrons. The molecule has 0 aromatic carbocycles. The SMILES string of the molecule is CCC([S+](CC1CCCCC1)C1C(=O)C2CCC1C2)S(=O)(=O)[O-]. The van der Waals surface area contributed by atoms with E-state index in [0.717, 1.165) is 37.9 Å².